The van der Waals surface area contributed by atoms with Gasteiger partial charge < -0.3 is 14.8 Å². The van der Waals surface area contributed by atoms with Crippen LogP contribution in [0.5, 0.6) is 5.75 Å². The number of esters is 1. The molecule has 0 saturated heterocycles. The van der Waals surface area contributed by atoms with Crippen molar-refractivity contribution in [1.29, 1.82) is 0 Å². The van der Waals surface area contributed by atoms with Crippen molar-refractivity contribution in [3.63, 3.8) is 0 Å². The largest absolute Gasteiger partial charge is 0.490 e. The molecule has 1 saturated carbocycles. The molecule has 0 radical (unpaired) electrons. The second kappa shape index (κ2) is 10.6. The molecule has 6 heteroatoms. The van der Waals surface area contributed by atoms with Crippen molar-refractivity contribution in [2.45, 2.75) is 70.8 Å². The first kappa shape index (κ1) is 23.8. The first-order chi connectivity index (χ1) is 15.4. The molecular formula is C26H32FNO4. The van der Waals surface area contributed by atoms with Crippen molar-refractivity contribution in [2.75, 3.05) is 11.9 Å². The number of anilines is 1. The van der Waals surface area contributed by atoms with Gasteiger partial charge in [0.05, 0.1) is 18.1 Å². The Morgan fingerprint density at radius 3 is 2.47 bits per heavy atom. The molecule has 0 heterocycles. The fourth-order valence-electron chi connectivity index (χ4n) is 4.25. The summed E-state index contributed by atoms with van der Waals surface area (Å²) in [5.41, 5.74) is 0.212. The van der Waals surface area contributed by atoms with Gasteiger partial charge in [-0.15, -0.1) is 0 Å². The van der Waals surface area contributed by atoms with E-state index in [1.807, 2.05) is 13.8 Å². The summed E-state index contributed by atoms with van der Waals surface area (Å²) in [5.74, 6) is -0.720. The zero-order valence-electron chi connectivity index (χ0n) is 19.1. The first-order valence-corrected chi connectivity index (χ1v) is 11.5. The van der Waals surface area contributed by atoms with E-state index in [0.29, 0.717) is 29.8 Å². The van der Waals surface area contributed by atoms with E-state index in [9.17, 15) is 14.0 Å². The summed E-state index contributed by atoms with van der Waals surface area (Å²) >= 11 is 0. The van der Waals surface area contributed by atoms with Gasteiger partial charge >= 0.3 is 5.97 Å². The molecule has 172 valence electrons. The van der Waals surface area contributed by atoms with Gasteiger partial charge in [-0.05, 0) is 57.4 Å². The van der Waals surface area contributed by atoms with Crippen molar-refractivity contribution in [3.05, 3.63) is 59.4 Å². The van der Waals surface area contributed by atoms with Gasteiger partial charge in [-0.3, -0.25) is 4.79 Å². The van der Waals surface area contributed by atoms with E-state index < -0.39 is 11.4 Å². The van der Waals surface area contributed by atoms with E-state index in [2.05, 4.69) is 5.32 Å². The quantitative estimate of drug-likeness (QED) is 0.509. The second-order valence-corrected chi connectivity index (χ2v) is 8.34. The van der Waals surface area contributed by atoms with E-state index in [4.69, 9.17) is 9.47 Å². The van der Waals surface area contributed by atoms with Crippen molar-refractivity contribution in [2.24, 2.45) is 0 Å². The highest BCUT2D eigenvalue weighted by molar-refractivity contribution is 6.01. The standard InChI is InChI=1S/C26H32FNO4/c1-4-18(3)32-23-14-13-19(17-20(23)24(29)31-5-2)28-25(30)26(15-9-6-10-16-26)21-11-7-8-12-22(21)27/h7-8,11-14,17-18H,4-6,9-10,15-16H2,1-3H3,(H,28,30)/t18-/m0/s1. The molecule has 1 atom stereocenters. The van der Waals surface area contributed by atoms with Gasteiger partial charge in [0.1, 0.15) is 17.1 Å². The lowest BCUT2D eigenvalue weighted by atomic mass is 9.68. The van der Waals surface area contributed by atoms with Crippen molar-refractivity contribution >= 4 is 17.6 Å². The summed E-state index contributed by atoms with van der Waals surface area (Å²) in [6.45, 7) is 5.88. The highest BCUT2D eigenvalue weighted by atomic mass is 19.1. The number of carbonyl (C=O) groups is 2. The third-order valence-electron chi connectivity index (χ3n) is 6.17. The van der Waals surface area contributed by atoms with E-state index in [-0.39, 0.29) is 30.0 Å². The fraction of sp³-hybridized carbons (Fsp3) is 0.462. The molecule has 2 aromatic rings. The zero-order chi connectivity index (χ0) is 23.1. The molecule has 0 aliphatic heterocycles. The lowest BCUT2D eigenvalue weighted by Crippen LogP contribution is -2.42. The lowest BCUT2D eigenvalue weighted by Gasteiger charge is -2.36. The molecule has 1 aliphatic rings. The first-order valence-electron chi connectivity index (χ1n) is 11.5. The number of amides is 1. The number of halogens is 1. The molecule has 1 N–H and O–H groups in total. The van der Waals surface area contributed by atoms with Crippen LogP contribution in [-0.4, -0.2) is 24.6 Å². The Morgan fingerprint density at radius 1 is 1.09 bits per heavy atom. The van der Waals surface area contributed by atoms with E-state index in [1.165, 1.54) is 6.07 Å². The van der Waals surface area contributed by atoms with Crippen LogP contribution in [0.4, 0.5) is 10.1 Å². The maximum atomic E-state index is 14.7. The van der Waals surface area contributed by atoms with Crippen LogP contribution in [0, 0.1) is 5.82 Å². The molecule has 1 amide bonds. The molecule has 0 bridgehead atoms. The molecule has 0 unspecified atom stereocenters. The van der Waals surface area contributed by atoms with Crippen LogP contribution in [-0.2, 0) is 14.9 Å². The summed E-state index contributed by atoms with van der Waals surface area (Å²) < 4.78 is 25.8. The molecule has 3 rings (SSSR count). The Kier molecular flexibility index (Phi) is 7.89. The van der Waals surface area contributed by atoms with Crippen molar-refractivity contribution in [3.8, 4) is 5.75 Å². The molecule has 1 aliphatic carbocycles. The molecule has 2 aromatic carbocycles. The van der Waals surface area contributed by atoms with Gasteiger partial charge in [-0.2, -0.15) is 0 Å². The predicted molar refractivity (Wildman–Crippen MR) is 123 cm³/mol. The number of benzene rings is 2. The van der Waals surface area contributed by atoms with Crippen LogP contribution < -0.4 is 10.1 Å². The van der Waals surface area contributed by atoms with Crippen molar-refractivity contribution in [1.82, 2.24) is 0 Å². The Balaban J connectivity index is 1.93. The Bertz CT molecular complexity index is 953. The molecule has 1 fully saturated rings. The monoisotopic (exact) mass is 441 g/mol. The maximum Gasteiger partial charge on any atom is 0.341 e. The van der Waals surface area contributed by atoms with Crippen LogP contribution in [0.2, 0.25) is 0 Å². The van der Waals surface area contributed by atoms with Crippen LogP contribution in [0.3, 0.4) is 0 Å². The van der Waals surface area contributed by atoms with Crippen molar-refractivity contribution < 1.29 is 23.5 Å². The number of hydrogen-bond donors (Lipinski definition) is 1. The number of carbonyl (C=O) groups excluding carboxylic acids is 2. The van der Waals surface area contributed by atoms with Crippen LogP contribution >= 0.6 is 0 Å². The molecule has 0 spiro atoms. The minimum Gasteiger partial charge on any atom is -0.490 e. The molecular weight excluding hydrogens is 409 g/mol. The Hall–Kier alpha value is -2.89. The molecule has 5 nitrogen and oxygen atoms in total. The normalized spacial score (nSPS) is 16.1. The van der Waals surface area contributed by atoms with Gasteiger partial charge in [-0.25, -0.2) is 9.18 Å². The number of ether oxygens (including phenoxy) is 2. The van der Waals surface area contributed by atoms with Gasteiger partial charge in [0.25, 0.3) is 0 Å². The van der Waals surface area contributed by atoms with Crippen LogP contribution in [0.1, 0.15) is 75.2 Å². The minimum absolute atomic E-state index is 0.0739. The summed E-state index contributed by atoms with van der Waals surface area (Å²) in [7, 11) is 0. The Morgan fingerprint density at radius 2 is 1.81 bits per heavy atom. The topological polar surface area (TPSA) is 64.6 Å². The minimum atomic E-state index is -0.931. The highest BCUT2D eigenvalue weighted by Crippen LogP contribution is 2.41. The zero-order valence-corrected chi connectivity index (χ0v) is 19.1. The van der Waals surface area contributed by atoms with E-state index in [1.54, 1.807) is 43.3 Å². The molecule has 0 aromatic heterocycles. The fourth-order valence-corrected chi connectivity index (χ4v) is 4.25. The highest BCUT2D eigenvalue weighted by Gasteiger charge is 2.43. The number of rotatable bonds is 8. The summed E-state index contributed by atoms with van der Waals surface area (Å²) in [4.78, 5) is 26.1. The average molecular weight is 442 g/mol. The second-order valence-electron chi connectivity index (χ2n) is 8.34. The van der Waals surface area contributed by atoms with Crippen LogP contribution in [0.25, 0.3) is 0 Å². The lowest BCUT2D eigenvalue weighted by molar-refractivity contribution is -0.122. The average Bonchev–Trinajstić information content (AvgIpc) is 2.80. The van der Waals surface area contributed by atoms with Gasteiger partial charge in [0, 0.05) is 11.3 Å². The third kappa shape index (κ3) is 5.12. The van der Waals surface area contributed by atoms with E-state index >= 15 is 0 Å². The Labute approximate surface area is 189 Å². The van der Waals surface area contributed by atoms with Crippen LogP contribution in [0.15, 0.2) is 42.5 Å². The third-order valence-corrected chi connectivity index (χ3v) is 6.17. The van der Waals surface area contributed by atoms with Gasteiger partial charge in [0.15, 0.2) is 0 Å². The van der Waals surface area contributed by atoms with Gasteiger partial charge in [-0.1, -0.05) is 44.4 Å². The predicted octanol–water partition coefficient (Wildman–Crippen LogP) is 6.02. The van der Waals surface area contributed by atoms with E-state index in [0.717, 1.165) is 25.7 Å². The number of nitrogens with one attached hydrogen (secondary N) is 1. The summed E-state index contributed by atoms with van der Waals surface area (Å²) in [6.07, 6.45) is 4.62. The SMILES string of the molecule is CCOC(=O)c1cc(NC(=O)C2(c3ccccc3F)CCCCC2)ccc1O[C@@H](C)CC. The number of hydrogen-bond acceptors (Lipinski definition) is 4. The summed E-state index contributed by atoms with van der Waals surface area (Å²) in [5, 5.41) is 2.94. The van der Waals surface area contributed by atoms with Gasteiger partial charge in [0.2, 0.25) is 5.91 Å². The smallest absolute Gasteiger partial charge is 0.341 e. The molecule has 32 heavy (non-hydrogen) atoms. The summed E-state index contributed by atoms with van der Waals surface area (Å²) in [6, 6.07) is 11.5. The maximum absolute atomic E-state index is 14.7.